The number of nitrogens with zero attached hydrogens (tertiary/aromatic N) is 1. The van der Waals surface area contributed by atoms with Gasteiger partial charge in [-0.3, -0.25) is 0 Å². The van der Waals surface area contributed by atoms with Crippen LogP contribution in [0.15, 0.2) is 35.7 Å². The first-order chi connectivity index (χ1) is 7.79. The average Bonchev–Trinajstić information content (AvgIpc) is 2.79. The zero-order chi connectivity index (χ0) is 11.4. The predicted molar refractivity (Wildman–Crippen MR) is 65.6 cm³/mol. The van der Waals surface area contributed by atoms with Crippen LogP contribution >= 0.6 is 11.8 Å². The molecular formula is C11H13N3OS. The molecule has 1 heterocycles. The Balaban J connectivity index is 2.02. The van der Waals surface area contributed by atoms with Crippen LogP contribution in [0.25, 0.3) is 0 Å². The van der Waals surface area contributed by atoms with Crippen molar-refractivity contribution in [3.63, 3.8) is 0 Å². The molecule has 0 saturated carbocycles. The number of hydrogen-bond donors (Lipinski definition) is 2. The first-order valence-corrected chi connectivity index (χ1v) is 5.82. The van der Waals surface area contributed by atoms with Crippen LogP contribution in [0, 0.1) is 0 Å². The van der Waals surface area contributed by atoms with Crippen LogP contribution in [0.3, 0.4) is 0 Å². The molecule has 1 aromatic heterocycles. The normalized spacial score (nSPS) is 10.3. The van der Waals surface area contributed by atoms with Gasteiger partial charge in [0.2, 0.25) is 0 Å². The lowest BCUT2D eigenvalue weighted by Crippen LogP contribution is -1.93. The lowest BCUT2D eigenvalue weighted by molar-refractivity contribution is 0.417. The molecule has 5 heteroatoms. The van der Waals surface area contributed by atoms with Gasteiger partial charge in [-0.1, -0.05) is 17.8 Å². The number of benzene rings is 1. The monoisotopic (exact) mass is 235 g/mol. The Morgan fingerprint density at radius 1 is 1.50 bits per heavy atom. The number of anilines is 1. The molecule has 0 aliphatic rings. The van der Waals surface area contributed by atoms with Gasteiger partial charge in [-0.15, -0.1) is 0 Å². The van der Waals surface area contributed by atoms with Gasteiger partial charge in [-0.25, -0.2) is 4.98 Å². The summed E-state index contributed by atoms with van der Waals surface area (Å²) in [5, 5.41) is 0.911. The Kier molecular flexibility index (Phi) is 3.36. The molecule has 84 valence electrons. The van der Waals surface area contributed by atoms with Crippen molar-refractivity contribution in [2.45, 2.75) is 10.9 Å². The molecule has 2 aromatic rings. The summed E-state index contributed by atoms with van der Waals surface area (Å²) in [5.41, 5.74) is 7.64. The van der Waals surface area contributed by atoms with E-state index in [0.29, 0.717) is 11.4 Å². The van der Waals surface area contributed by atoms with Crippen molar-refractivity contribution in [2.75, 3.05) is 12.8 Å². The van der Waals surface area contributed by atoms with Gasteiger partial charge >= 0.3 is 0 Å². The highest BCUT2D eigenvalue weighted by Crippen LogP contribution is 2.25. The van der Waals surface area contributed by atoms with Crippen molar-refractivity contribution >= 4 is 17.4 Å². The van der Waals surface area contributed by atoms with Crippen LogP contribution < -0.4 is 10.5 Å². The molecular weight excluding hydrogens is 222 g/mol. The first-order valence-electron chi connectivity index (χ1n) is 4.84. The number of nitrogens with two attached hydrogens (primary N) is 1. The lowest BCUT2D eigenvalue weighted by atomic mass is 10.2. The number of rotatable bonds is 4. The molecule has 2 rings (SSSR count). The molecule has 0 atom stereocenters. The maximum absolute atomic E-state index is 5.82. The van der Waals surface area contributed by atoms with E-state index in [-0.39, 0.29) is 0 Å². The van der Waals surface area contributed by atoms with E-state index in [2.05, 4.69) is 9.97 Å². The number of methoxy groups -OCH3 is 1. The van der Waals surface area contributed by atoms with E-state index in [0.717, 1.165) is 16.5 Å². The minimum absolute atomic E-state index is 0.667. The quantitative estimate of drug-likeness (QED) is 0.630. The number of hydrogen-bond acceptors (Lipinski definition) is 4. The lowest BCUT2D eigenvalue weighted by Gasteiger charge is -2.06. The van der Waals surface area contributed by atoms with E-state index < -0.39 is 0 Å². The van der Waals surface area contributed by atoms with Crippen LogP contribution in [-0.2, 0) is 5.75 Å². The number of aromatic amines is 1. The molecule has 0 unspecified atom stereocenters. The van der Waals surface area contributed by atoms with Gasteiger partial charge in [-0.2, -0.15) is 0 Å². The van der Waals surface area contributed by atoms with Gasteiger partial charge in [-0.05, 0) is 17.7 Å². The smallest absolute Gasteiger partial charge is 0.165 e. The molecule has 3 N–H and O–H groups in total. The molecule has 0 aliphatic carbocycles. The summed E-state index contributed by atoms with van der Waals surface area (Å²) in [4.78, 5) is 7.18. The topological polar surface area (TPSA) is 63.9 Å². The second-order valence-electron chi connectivity index (χ2n) is 3.26. The second-order valence-corrected chi connectivity index (χ2v) is 4.22. The summed E-state index contributed by atoms with van der Waals surface area (Å²) >= 11 is 1.64. The second kappa shape index (κ2) is 4.94. The van der Waals surface area contributed by atoms with E-state index in [1.807, 2.05) is 24.4 Å². The summed E-state index contributed by atoms with van der Waals surface area (Å²) < 4.78 is 5.10. The largest absolute Gasteiger partial charge is 0.495 e. The molecule has 16 heavy (non-hydrogen) atoms. The Morgan fingerprint density at radius 2 is 2.38 bits per heavy atom. The standard InChI is InChI=1S/C11H13N3OS/c1-15-10-3-2-8(6-9(10)12)7-16-11-13-4-5-14-11/h2-6H,7,12H2,1H3,(H,13,14). The molecule has 0 bridgehead atoms. The fourth-order valence-corrected chi connectivity index (χ4v) is 2.12. The summed E-state index contributed by atoms with van der Waals surface area (Å²) in [5.74, 6) is 1.55. The van der Waals surface area contributed by atoms with Crippen LogP contribution in [-0.4, -0.2) is 17.1 Å². The fraction of sp³-hybridized carbons (Fsp3) is 0.182. The molecule has 0 fully saturated rings. The Morgan fingerprint density at radius 3 is 3.00 bits per heavy atom. The van der Waals surface area contributed by atoms with Gasteiger partial charge in [0.05, 0.1) is 12.8 Å². The van der Waals surface area contributed by atoms with E-state index in [1.165, 1.54) is 0 Å². The molecule has 0 spiro atoms. The Hall–Kier alpha value is -1.62. The highest BCUT2D eigenvalue weighted by molar-refractivity contribution is 7.98. The van der Waals surface area contributed by atoms with E-state index in [4.69, 9.17) is 10.5 Å². The van der Waals surface area contributed by atoms with Crippen molar-refractivity contribution in [3.05, 3.63) is 36.2 Å². The Labute approximate surface area is 98.2 Å². The number of nitrogens with one attached hydrogen (secondary N) is 1. The molecule has 4 nitrogen and oxygen atoms in total. The van der Waals surface area contributed by atoms with Gasteiger partial charge in [0, 0.05) is 18.1 Å². The van der Waals surface area contributed by atoms with Crippen molar-refractivity contribution in [1.82, 2.24) is 9.97 Å². The number of aromatic nitrogens is 2. The maximum atomic E-state index is 5.82. The third kappa shape index (κ3) is 2.49. The van der Waals surface area contributed by atoms with Crippen molar-refractivity contribution in [1.29, 1.82) is 0 Å². The number of ether oxygens (including phenoxy) is 1. The summed E-state index contributed by atoms with van der Waals surface area (Å²) in [6.45, 7) is 0. The van der Waals surface area contributed by atoms with E-state index >= 15 is 0 Å². The van der Waals surface area contributed by atoms with E-state index in [1.54, 1.807) is 25.1 Å². The Bertz CT molecular complexity index is 456. The third-order valence-corrected chi connectivity index (χ3v) is 3.12. The minimum Gasteiger partial charge on any atom is -0.495 e. The molecule has 0 radical (unpaired) electrons. The van der Waals surface area contributed by atoms with Gasteiger partial charge in [0.15, 0.2) is 5.16 Å². The minimum atomic E-state index is 0.667. The molecule has 0 saturated heterocycles. The van der Waals surface area contributed by atoms with Crippen LogP contribution in [0.2, 0.25) is 0 Å². The van der Waals surface area contributed by atoms with Gasteiger partial charge < -0.3 is 15.5 Å². The summed E-state index contributed by atoms with van der Waals surface area (Å²) in [6, 6.07) is 5.81. The van der Waals surface area contributed by atoms with Gasteiger partial charge in [0.25, 0.3) is 0 Å². The molecule has 1 aromatic carbocycles. The number of imidazole rings is 1. The van der Waals surface area contributed by atoms with Crippen molar-refractivity contribution < 1.29 is 4.74 Å². The zero-order valence-corrected chi connectivity index (χ0v) is 9.75. The third-order valence-electron chi connectivity index (χ3n) is 2.14. The molecule has 0 aliphatic heterocycles. The van der Waals surface area contributed by atoms with Crippen LogP contribution in [0.1, 0.15) is 5.56 Å². The highest BCUT2D eigenvalue weighted by Gasteiger charge is 2.02. The zero-order valence-electron chi connectivity index (χ0n) is 8.93. The highest BCUT2D eigenvalue weighted by atomic mass is 32.2. The number of H-pyrrole nitrogens is 1. The number of thioether (sulfide) groups is 1. The molecule has 0 amide bonds. The summed E-state index contributed by atoms with van der Waals surface area (Å²) in [6.07, 6.45) is 3.55. The van der Waals surface area contributed by atoms with Crippen LogP contribution in [0.4, 0.5) is 5.69 Å². The fourth-order valence-electron chi connectivity index (χ4n) is 1.36. The summed E-state index contributed by atoms with van der Waals surface area (Å²) in [7, 11) is 1.61. The van der Waals surface area contributed by atoms with Gasteiger partial charge in [0.1, 0.15) is 5.75 Å². The van der Waals surface area contributed by atoms with E-state index in [9.17, 15) is 0 Å². The average molecular weight is 235 g/mol. The maximum Gasteiger partial charge on any atom is 0.165 e. The first kappa shape index (κ1) is 10.9. The predicted octanol–water partition coefficient (Wildman–Crippen LogP) is 2.29. The SMILES string of the molecule is COc1ccc(CSc2ncc[nH]2)cc1N. The number of nitrogen functional groups attached to an aromatic ring is 1. The van der Waals surface area contributed by atoms with Crippen LogP contribution in [0.5, 0.6) is 5.75 Å². The van der Waals surface area contributed by atoms with Crippen molar-refractivity contribution in [3.8, 4) is 5.75 Å². The van der Waals surface area contributed by atoms with Crippen molar-refractivity contribution in [2.24, 2.45) is 0 Å².